The van der Waals surface area contributed by atoms with Crippen LogP contribution in [0.25, 0.3) is 0 Å². The van der Waals surface area contributed by atoms with Crippen molar-refractivity contribution in [1.82, 2.24) is 10.2 Å². The first kappa shape index (κ1) is 14.9. The molecule has 1 fully saturated rings. The summed E-state index contributed by atoms with van der Waals surface area (Å²) in [6, 6.07) is 1.96. The molecule has 1 aliphatic heterocycles. The molecule has 1 N–H and O–H groups in total. The van der Waals surface area contributed by atoms with E-state index in [0.717, 1.165) is 19.8 Å². The van der Waals surface area contributed by atoms with Crippen LogP contribution < -0.4 is 5.32 Å². The summed E-state index contributed by atoms with van der Waals surface area (Å²) < 4.78 is 5.42. The molecule has 0 aromatic heterocycles. The largest absolute Gasteiger partial charge is 0.381 e. The Kier molecular flexibility index (Phi) is 7.09. The highest BCUT2D eigenvalue weighted by Crippen LogP contribution is 2.15. The number of ether oxygens (including phenoxy) is 1. The Bertz CT molecular complexity index is 193. The Morgan fingerprint density at radius 2 is 1.94 bits per heavy atom. The lowest BCUT2D eigenvalue weighted by molar-refractivity contribution is 0.0308. The molecular formula is C14H30N2O. The van der Waals surface area contributed by atoms with Crippen LogP contribution in [0.4, 0.5) is 0 Å². The maximum absolute atomic E-state index is 5.42. The molecule has 0 aliphatic carbocycles. The van der Waals surface area contributed by atoms with E-state index in [0.29, 0.717) is 18.1 Å². The van der Waals surface area contributed by atoms with Crippen LogP contribution in [0.5, 0.6) is 0 Å². The Labute approximate surface area is 107 Å². The lowest BCUT2D eigenvalue weighted by Gasteiger charge is -2.36. The van der Waals surface area contributed by atoms with Gasteiger partial charge in [-0.25, -0.2) is 0 Å². The van der Waals surface area contributed by atoms with Crippen LogP contribution in [0, 0.1) is 0 Å². The van der Waals surface area contributed by atoms with Crippen molar-refractivity contribution in [1.29, 1.82) is 0 Å². The summed E-state index contributed by atoms with van der Waals surface area (Å²) in [5.41, 5.74) is 0. The van der Waals surface area contributed by atoms with Gasteiger partial charge in [-0.15, -0.1) is 0 Å². The zero-order valence-electron chi connectivity index (χ0n) is 12.0. The van der Waals surface area contributed by atoms with Gasteiger partial charge in [0.25, 0.3) is 0 Å². The normalized spacial score (nSPS) is 21.7. The van der Waals surface area contributed by atoms with Crippen LogP contribution in [0.1, 0.15) is 46.5 Å². The first-order chi connectivity index (χ1) is 8.15. The monoisotopic (exact) mass is 242 g/mol. The summed E-state index contributed by atoms with van der Waals surface area (Å²) in [5.74, 6) is 0. The molecule has 2 unspecified atom stereocenters. The molecule has 102 valence electrons. The van der Waals surface area contributed by atoms with Gasteiger partial charge >= 0.3 is 0 Å². The van der Waals surface area contributed by atoms with Gasteiger partial charge in [-0.05, 0) is 40.2 Å². The van der Waals surface area contributed by atoms with E-state index >= 15 is 0 Å². The number of hydrogen-bond acceptors (Lipinski definition) is 3. The van der Waals surface area contributed by atoms with Crippen LogP contribution in [-0.2, 0) is 4.74 Å². The van der Waals surface area contributed by atoms with Gasteiger partial charge in [-0.1, -0.05) is 13.3 Å². The van der Waals surface area contributed by atoms with Gasteiger partial charge in [-0.2, -0.15) is 0 Å². The van der Waals surface area contributed by atoms with Gasteiger partial charge in [-0.3, -0.25) is 4.90 Å². The fraction of sp³-hybridized carbons (Fsp3) is 1.00. The average molecular weight is 242 g/mol. The topological polar surface area (TPSA) is 24.5 Å². The second-order valence-electron chi connectivity index (χ2n) is 5.46. The van der Waals surface area contributed by atoms with Crippen LogP contribution >= 0.6 is 0 Å². The predicted octanol–water partition coefficient (Wildman–Crippen LogP) is 2.26. The minimum atomic E-state index is 0.609. The van der Waals surface area contributed by atoms with E-state index in [2.05, 4.69) is 38.0 Å². The summed E-state index contributed by atoms with van der Waals surface area (Å²) in [6.45, 7) is 9.80. The second kappa shape index (κ2) is 8.06. The molecule has 0 bridgehead atoms. The Morgan fingerprint density at radius 3 is 2.53 bits per heavy atom. The Hall–Kier alpha value is -0.120. The standard InChI is InChI=1S/C14H30N2O/c1-5-6-12(2)15-11-13(3)16(4)14-7-9-17-10-8-14/h12-15H,5-11H2,1-4H3. The highest BCUT2D eigenvalue weighted by atomic mass is 16.5. The fourth-order valence-electron chi connectivity index (χ4n) is 2.50. The minimum Gasteiger partial charge on any atom is -0.381 e. The van der Waals surface area contributed by atoms with Gasteiger partial charge in [0.15, 0.2) is 0 Å². The molecule has 0 saturated carbocycles. The maximum atomic E-state index is 5.42. The van der Waals surface area contributed by atoms with E-state index in [9.17, 15) is 0 Å². The molecule has 17 heavy (non-hydrogen) atoms. The predicted molar refractivity (Wildman–Crippen MR) is 73.4 cm³/mol. The maximum Gasteiger partial charge on any atom is 0.0480 e. The highest BCUT2D eigenvalue weighted by molar-refractivity contribution is 4.78. The van der Waals surface area contributed by atoms with Crippen molar-refractivity contribution < 1.29 is 4.74 Å². The lowest BCUT2D eigenvalue weighted by atomic mass is 10.1. The molecule has 0 spiro atoms. The van der Waals surface area contributed by atoms with Crippen molar-refractivity contribution in [3.63, 3.8) is 0 Å². The number of likely N-dealkylation sites (N-methyl/N-ethyl adjacent to an activating group) is 1. The minimum absolute atomic E-state index is 0.609. The molecule has 1 heterocycles. The number of nitrogens with zero attached hydrogens (tertiary/aromatic N) is 1. The Morgan fingerprint density at radius 1 is 1.29 bits per heavy atom. The molecule has 0 aromatic carbocycles. The number of hydrogen-bond donors (Lipinski definition) is 1. The van der Waals surface area contributed by atoms with E-state index in [1.165, 1.54) is 25.7 Å². The van der Waals surface area contributed by atoms with Crippen LogP contribution in [-0.4, -0.2) is 49.8 Å². The second-order valence-corrected chi connectivity index (χ2v) is 5.46. The van der Waals surface area contributed by atoms with Crippen molar-refractivity contribution >= 4 is 0 Å². The first-order valence-electron chi connectivity index (χ1n) is 7.18. The average Bonchev–Trinajstić information content (AvgIpc) is 2.36. The van der Waals surface area contributed by atoms with Gasteiger partial charge in [0.05, 0.1) is 0 Å². The summed E-state index contributed by atoms with van der Waals surface area (Å²) >= 11 is 0. The van der Waals surface area contributed by atoms with Crippen LogP contribution in [0.2, 0.25) is 0 Å². The molecular weight excluding hydrogens is 212 g/mol. The van der Waals surface area contributed by atoms with Crippen molar-refractivity contribution in [3.8, 4) is 0 Å². The van der Waals surface area contributed by atoms with Gasteiger partial charge < -0.3 is 10.1 Å². The molecule has 0 aromatic rings. The molecule has 1 saturated heterocycles. The SMILES string of the molecule is CCCC(C)NCC(C)N(C)C1CCOCC1. The van der Waals surface area contributed by atoms with Crippen molar-refractivity contribution in [2.75, 3.05) is 26.8 Å². The fourth-order valence-corrected chi connectivity index (χ4v) is 2.50. The van der Waals surface area contributed by atoms with Crippen LogP contribution in [0.15, 0.2) is 0 Å². The molecule has 3 nitrogen and oxygen atoms in total. The van der Waals surface area contributed by atoms with E-state index < -0.39 is 0 Å². The molecule has 3 heteroatoms. The number of rotatable bonds is 7. The lowest BCUT2D eigenvalue weighted by Crippen LogP contribution is -2.47. The third kappa shape index (κ3) is 5.36. The number of nitrogens with one attached hydrogen (secondary N) is 1. The van der Waals surface area contributed by atoms with Crippen molar-refractivity contribution in [2.45, 2.75) is 64.6 Å². The molecule has 1 aliphatic rings. The van der Waals surface area contributed by atoms with E-state index in [1.54, 1.807) is 0 Å². The van der Waals surface area contributed by atoms with Crippen LogP contribution in [0.3, 0.4) is 0 Å². The van der Waals surface area contributed by atoms with Crippen molar-refractivity contribution in [2.24, 2.45) is 0 Å². The summed E-state index contributed by atoms with van der Waals surface area (Å²) in [4.78, 5) is 2.52. The van der Waals surface area contributed by atoms with E-state index in [4.69, 9.17) is 4.74 Å². The van der Waals surface area contributed by atoms with Gasteiger partial charge in [0.1, 0.15) is 0 Å². The first-order valence-corrected chi connectivity index (χ1v) is 7.18. The molecule has 1 rings (SSSR count). The quantitative estimate of drug-likeness (QED) is 0.741. The van der Waals surface area contributed by atoms with E-state index in [-0.39, 0.29) is 0 Å². The molecule has 0 amide bonds. The zero-order valence-corrected chi connectivity index (χ0v) is 12.0. The summed E-state index contributed by atoms with van der Waals surface area (Å²) in [6.07, 6.45) is 4.91. The Balaban J connectivity index is 2.23. The summed E-state index contributed by atoms with van der Waals surface area (Å²) in [5, 5.41) is 3.63. The zero-order chi connectivity index (χ0) is 12.7. The van der Waals surface area contributed by atoms with Gasteiger partial charge in [0, 0.05) is 37.9 Å². The summed E-state index contributed by atoms with van der Waals surface area (Å²) in [7, 11) is 2.26. The third-order valence-corrected chi connectivity index (χ3v) is 3.95. The molecule has 0 radical (unpaired) electrons. The van der Waals surface area contributed by atoms with Gasteiger partial charge in [0.2, 0.25) is 0 Å². The van der Waals surface area contributed by atoms with Crippen molar-refractivity contribution in [3.05, 3.63) is 0 Å². The smallest absolute Gasteiger partial charge is 0.0480 e. The highest BCUT2D eigenvalue weighted by Gasteiger charge is 2.22. The third-order valence-electron chi connectivity index (χ3n) is 3.95. The van der Waals surface area contributed by atoms with E-state index in [1.807, 2.05) is 0 Å². The molecule has 2 atom stereocenters.